The van der Waals surface area contributed by atoms with Gasteiger partial charge in [-0.3, -0.25) is 0 Å². The van der Waals surface area contributed by atoms with E-state index in [1.807, 2.05) is 0 Å². The fraction of sp³-hybridized carbons (Fsp3) is 0.333. The first-order valence-electron chi connectivity index (χ1n) is 6.75. The summed E-state index contributed by atoms with van der Waals surface area (Å²) in [5.74, 6) is 0.409. The first-order chi connectivity index (χ1) is 9.95. The van der Waals surface area contributed by atoms with Crippen molar-refractivity contribution in [2.45, 2.75) is 31.9 Å². The van der Waals surface area contributed by atoms with Crippen LogP contribution < -0.4 is 0 Å². The third-order valence-corrected chi connectivity index (χ3v) is 4.01. The number of halogens is 3. The predicted octanol–water partition coefficient (Wildman–Crippen LogP) is 4.70. The van der Waals surface area contributed by atoms with E-state index in [0.717, 1.165) is 49.1 Å². The molecule has 1 heterocycles. The van der Waals surface area contributed by atoms with Crippen LogP contribution in [0.25, 0.3) is 11.4 Å². The van der Waals surface area contributed by atoms with Gasteiger partial charge in [0, 0.05) is 16.8 Å². The van der Waals surface area contributed by atoms with E-state index in [-0.39, 0.29) is 0 Å². The van der Waals surface area contributed by atoms with Crippen LogP contribution in [-0.4, -0.2) is 9.97 Å². The lowest BCUT2D eigenvalue weighted by atomic mass is 9.97. The summed E-state index contributed by atoms with van der Waals surface area (Å²) in [6, 6.07) is 5.15. The molecule has 0 spiro atoms. The molecule has 0 saturated heterocycles. The van der Waals surface area contributed by atoms with Gasteiger partial charge in [0.15, 0.2) is 0 Å². The molecule has 21 heavy (non-hydrogen) atoms. The van der Waals surface area contributed by atoms with E-state index in [0.29, 0.717) is 16.0 Å². The Hall–Kier alpha value is -1.69. The largest absolute Gasteiger partial charge is 0.416 e. The van der Waals surface area contributed by atoms with Crippen molar-refractivity contribution in [3.8, 4) is 11.4 Å². The van der Waals surface area contributed by atoms with Gasteiger partial charge in [-0.2, -0.15) is 13.2 Å². The number of aromatic amines is 1. The summed E-state index contributed by atoms with van der Waals surface area (Å²) in [4.78, 5) is 7.43. The van der Waals surface area contributed by atoms with Gasteiger partial charge in [0.25, 0.3) is 0 Å². The van der Waals surface area contributed by atoms with Crippen molar-refractivity contribution >= 4 is 12.2 Å². The Kier molecular flexibility index (Phi) is 3.57. The Morgan fingerprint density at radius 2 is 1.90 bits per heavy atom. The molecular formula is C15H13F3N2S. The van der Waals surface area contributed by atoms with Crippen LogP contribution in [0.4, 0.5) is 13.2 Å². The molecule has 1 aliphatic carbocycles. The number of hydrogen-bond donors (Lipinski definition) is 1. The molecule has 110 valence electrons. The fourth-order valence-electron chi connectivity index (χ4n) is 2.60. The molecule has 0 unspecified atom stereocenters. The van der Waals surface area contributed by atoms with Gasteiger partial charge in [-0.05, 0) is 37.8 Å². The molecule has 0 aliphatic heterocycles. The summed E-state index contributed by atoms with van der Waals surface area (Å²) in [5.41, 5.74) is 1.77. The number of alkyl halides is 3. The Bertz CT molecular complexity index is 734. The standard InChI is InChI=1S/C15H13F3N2S/c16-15(17,18)10-5-3-4-9(8-10)13-19-12-7-2-1-6-11(12)14(21)20-13/h3-5,8H,1-2,6-7H2,(H,19,20,21). The summed E-state index contributed by atoms with van der Waals surface area (Å²) >= 11 is 5.28. The number of aromatic nitrogens is 2. The van der Waals surface area contributed by atoms with Crippen molar-refractivity contribution in [3.05, 3.63) is 45.7 Å². The topological polar surface area (TPSA) is 28.7 Å². The zero-order chi connectivity index (χ0) is 15.0. The monoisotopic (exact) mass is 310 g/mol. The van der Waals surface area contributed by atoms with E-state index in [4.69, 9.17) is 12.2 Å². The van der Waals surface area contributed by atoms with Crippen LogP contribution in [0.1, 0.15) is 29.7 Å². The quantitative estimate of drug-likeness (QED) is 0.773. The van der Waals surface area contributed by atoms with E-state index >= 15 is 0 Å². The number of nitrogens with one attached hydrogen (secondary N) is 1. The highest BCUT2D eigenvalue weighted by Gasteiger charge is 2.30. The minimum atomic E-state index is -4.36. The molecular weight excluding hydrogens is 297 g/mol. The summed E-state index contributed by atoms with van der Waals surface area (Å²) in [5, 5.41) is 0. The maximum atomic E-state index is 12.8. The van der Waals surface area contributed by atoms with Crippen molar-refractivity contribution in [1.29, 1.82) is 0 Å². The fourth-order valence-corrected chi connectivity index (χ4v) is 2.92. The molecule has 1 N–H and O–H groups in total. The number of aryl methyl sites for hydroxylation is 1. The van der Waals surface area contributed by atoms with E-state index in [1.165, 1.54) is 6.07 Å². The van der Waals surface area contributed by atoms with Crippen molar-refractivity contribution in [2.75, 3.05) is 0 Å². The molecule has 0 bridgehead atoms. The highest BCUT2D eigenvalue weighted by molar-refractivity contribution is 7.71. The Balaban J connectivity index is 2.09. The molecule has 1 aliphatic rings. The maximum Gasteiger partial charge on any atom is 0.416 e. The smallest absolute Gasteiger partial charge is 0.343 e. The third-order valence-electron chi connectivity index (χ3n) is 3.67. The zero-order valence-corrected chi connectivity index (χ0v) is 11.9. The second-order valence-corrected chi connectivity index (χ2v) is 5.52. The van der Waals surface area contributed by atoms with Gasteiger partial charge in [-0.25, -0.2) is 4.98 Å². The van der Waals surface area contributed by atoms with Crippen molar-refractivity contribution in [3.63, 3.8) is 0 Å². The van der Waals surface area contributed by atoms with Crippen LogP contribution >= 0.6 is 12.2 Å². The second kappa shape index (κ2) is 5.26. The molecule has 2 aromatic rings. The van der Waals surface area contributed by atoms with E-state index in [2.05, 4.69) is 9.97 Å². The molecule has 1 aromatic carbocycles. The Morgan fingerprint density at radius 3 is 2.67 bits per heavy atom. The van der Waals surface area contributed by atoms with Crippen molar-refractivity contribution in [1.82, 2.24) is 9.97 Å². The summed E-state index contributed by atoms with van der Waals surface area (Å²) in [7, 11) is 0. The number of fused-ring (bicyclic) bond motifs is 1. The molecule has 0 radical (unpaired) electrons. The summed E-state index contributed by atoms with van der Waals surface area (Å²) in [6.45, 7) is 0. The molecule has 3 rings (SSSR count). The minimum absolute atomic E-state index is 0.407. The van der Waals surface area contributed by atoms with Gasteiger partial charge in [-0.15, -0.1) is 0 Å². The van der Waals surface area contributed by atoms with Crippen LogP contribution in [0, 0.1) is 4.64 Å². The summed E-state index contributed by atoms with van der Waals surface area (Å²) in [6.07, 6.45) is -0.464. The average molecular weight is 310 g/mol. The van der Waals surface area contributed by atoms with Crippen LogP contribution in [0.15, 0.2) is 24.3 Å². The van der Waals surface area contributed by atoms with E-state index < -0.39 is 11.7 Å². The molecule has 0 fully saturated rings. The Morgan fingerprint density at radius 1 is 1.14 bits per heavy atom. The van der Waals surface area contributed by atoms with Gasteiger partial charge >= 0.3 is 6.18 Å². The molecule has 0 atom stereocenters. The molecule has 0 saturated carbocycles. The van der Waals surface area contributed by atoms with Crippen LogP contribution in [0.2, 0.25) is 0 Å². The lowest BCUT2D eigenvalue weighted by molar-refractivity contribution is -0.137. The average Bonchev–Trinajstić information content (AvgIpc) is 2.46. The number of nitrogens with zero attached hydrogens (tertiary/aromatic N) is 1. The highest BCUT2D eigenvalue weighted by Crippen LogP contribution is 2.32. The van der Waals surface area contributed by atoms with Crippen molar-refractivity contribution in [2.24, 2.45) is 0 Å². The summed E-state index contributed by atoms with van der Waals surface area (Å²) < 4.78 is 38.9. The lowest BCUT2D eigenvalue weighted by Gasteiger charge is -2.17. The van der Waals surface area contributed by atoms with E-state index in [9.17, 15) is 13.2 Å². The van der Waals surface area contributed by atoms with Gasteiger partial charge in [0.05, 0.1) is 5.56 Å². The van der Waals surface area contributed by atoms with Gasteiger partial charge in [0.2, 0.25) is 0 Å². The molecule has 6 heteroatoms. The highest BCUT2D eigenvalue weighted by atomic mass is 32.1. The van der Waals surface area contributed by atoms with Crippen molar-refractivity contribution < 1.29 is 13.2 Å². The SMILES string of the molecule is FC(F)(F)c1cccc(-c2nc(=S)c3c([nH]2)CCCC3)c1. The lowest BCUT2D eigenvalue weighted by Crippen LogP contribution is -2.09. The van der Waals surface area contributed by atoms with Crippen LogP contribution in [-0.2, 0) is 19.0 Å². The molecule has 1 aromatic heterocycles. The molecule has 2 nitrogen and oxygen atoms in total. The van der Waals surface area contributed by atoms with Crippen LogP contribution in [0.3, 0.4) is 0 Å². The van der Waals surface area contributed by atoms with Gasteiger partial charge < -0.3 is 4.98 Å². The maximum absolute atomic E-state index is 12.8. The normalized spacial score (nSPS) is 14.8. The molecule has 0 amide bonds. The van der Waals surface area contributed by atoms with Gasteiger partial charge in [0.1, 0.15) is 10.5 Å². The number of benzene rings is 1. The third kappa shape index (κ3) is 2.85. The second-order valence-electron chi connectivity index (χ2n) is 5.13. The number of H-pyrrole nitrogens is 1. The van der Waals surface area contributed by atoms with Crippen LogP contribution in [0.5, 0.6) is 0 Å². The first-order valence-corrected chi connectivity index (χ1v) is 7.16. The zero-order valence-electron chi connectivity index (χ0n) is 11.1. The van der Waals surface area contributed by atoms with Gasteiger partial charge in [-0.1, -0.05) is 24.4 Å². The number of hydrogen-bond acceptors (Lipinski definition) is 2. The minimum Gasteiger partial charge on any atom is -0.343 e. The van der Waals surface area contributed by atoms with E-state index in [1.54, 1.807) is 6.07 Å². The first kappa shape index (κ1) is 14.3. The predicted molar refractivity (Wildman–Crippen MR) is 76.5 cm³/mol. The Labute approximate surface area is 125 Å². The number of rotatable bonds is 1.